The van der Waals surface area contributed by atoms with Gasteiger partial charge in [0.15, 0.2) is 11.5 Å². The van der Waals surface area contributed by atoms with Crippen molar-refractivity contribution in [3.63, 3.8) is 0 Å². The zero-order chi connectivity index (χ0) is 15.3. The topological polar surface area (TPSA) is 77.2 Å². The molecule has 0 bridgehead atoms. The molecule has 4 rings (SSSR count). The Bertz CT molecular complexity index is 754. The van der Waals surface area contributed by atoms with E-state index in [4.69, 9.17) is 4.65 Å². The number of Topliss-reactive ketones (excluding diaryl/α,β-unsaturated/α-hetero) is 1. The number of hydrogen-bond acceptors (Lipinski definition) is 5. The molecule has 1 fully saturated rings. The molecule has 1 saturated carbocycles. The molecule has 1 N–H and O–H groups in total. The lowest BCUT2D eigenvalue weighted by Gasteiger charge is -2.04. The van der Waals surface area contributed by atoms with E-state index in [1.54, 1.807) is 0 Å². The maximum absolute atomic E-state index is 12.5. The molecule has 1 aromatic carbocycles. The van der Waals surface area contributed by atoms with Gasteiger partial charge in [0.05, 0.1) is 18.3 Å². The number of ketones is 1. The highest BCUT2D eigenvalue weighted by Crippen LogP contribution is 2.35. The third-order valence-corrected chi connectivity index (χ3v) is 4.32. The quantitative estimate of drug-likeness (QED) is 0.659. The second-order valence-electron chi connectivity index (χ2n) is 6.00. The molecule has 0 amide bonds. The molecule has 112 valence electrons. The SMILES string of the molecule is Cc1c(C(=O)Cc2ccc3c(c2)B(O)OC3)nnn1C1CC1. The van der Waals surface area contributed by atoms with Crippen LogP contribution in [0.2, 0.25) is 0 Å². The molecular weight excluding hydrogens is 281 g/mol. The molecular formula is C15H16BN3O3. The van der Waals surface area contributed by atoms with Crippen molar-refractivity contribution in [1.29, 1.82) is 0 Å². The Morgan fingerprint density at radius 2 is 2.32 bits per heavy atom. The molecule has 0 spiro atoms. The zero-order valence-electron chi connectivity index (χ0n) is 12.3. The Morgan fingerprint density at radius 1 is 1.50 bits per heavy atom. The van der Waals surface area contributed by atoms with E-state index >= 15 is 0 Å². The molecule has 2 aromatic rings. The van der Waals surface area contributed by atoms with Crippen LogP contribution < -0.4 is 5.46 Å². The average molecular weight is 297 g/mol. The van der Waals surface area contributed by atoms with E-state index in [9.17, 15) is 9.82 Å². The first-order valence-electron chi connectivity index (χ1n) is 7.50. The molecule has 0 unspecified atom stereocenters. The van der Waals surface area contributed by atoms with E-state index in [1.165, 1.54) is 0 Å². The van der Waals surface area contributed by atoms with Crippen molar-refractivity contribution >= 4 is 18.4 Å². The minimum Gasteiger partial charge on any atom is -0.423 e. The first kappa shape index (κ1) is 13.7. The average Bonchev–Trinajstić information content (AvgIpc) is 3.18. The second kappa shape index (κ2) is 5.03. The predicted molar refractivity (Wildman–Crippen MR) is 79.9 cm³/mol. The number of nitrogens with zero attached hydrogens (tertiary/aromatic N) is 3. The molecule has 2 heterocycles. The van der Waals surface area contributed by atoms with Crippen LogP contribution in [0.5, 0.6) is 0 Å². The predicted octanol–water partition coefficient (Wildman–Crippen LogP) is 0.565. The lowest BCUT2D eigenvalue weighted by atomic mass is 9.78. The van der Waals surface area contributed by atoms with Crippen LogP contribution in [0.15, 0.2) is 18.2 Å². The maximum Gasteiger partial charge on any atom is 0.491 e. The van der Waals surface area contributed by atoms with E-state index in [0.717, 1.165) is 35.1 Å². The van der Waals surface area contributed by atoms with E-state index in [1.807, 2.05) is 29.8 Å². The van der Waals surface area contributed by atoms with Crippen molar-refractivity contribution < 1.29 is 14.5 Å². The molecule has 7 heteroatoms. The summed E-state index contributed by atoms with van der Waals surface area (Å²) in [5.74, 6) is -0.0437. The zero-order valence-corrected chi connectivity index (χ0v) is 12.3. The van der Waals surface area contributed by atoms with Crippen LogP contribution in [-0.4, -0.2) is 32.9 Å². The summed E-state index contributed by atoms with van der Waals surface area (Å²) in [6.07, 6.45) is 2.48. The summed E-state index contributed by atoms with van der Waals surface area (Å²) in [5.41, 5.74) is 3.87. The largest absolute Gasteiger partial charge is 0.491 e. The fraction of sp³-hybridized carbons (Fsp3) is 0.400. The van der Waals surface area contributed by atoms with Gasteiger partial charge in [-0.2, -0.15) is 0 Å². The van der Waals surface area contributed by atoms with Crippen LogP contribution >= 0.6 is 0 Å². The van der Waals surface area contributed by atoms with Crippen LogP contribution in [0, 0.1) is 6.92 Å². The monoisotopic (exact) mass is 297 g/mol. The van der Waals surface area contributed by atoms with E-state index in [0.29, 0.717) is 18.3 Å². The molecule has 6 nitrogen and oxygen atoms in total. The summed E-state index contributed by atoms with van der Waals surface area (Å²) >= 11 is 0. The van der Waals surface area contributed by atoms with Gasteiger partial charge in [-0.1, -0.05) is 23.4 Å². The van der Waals surface area contributed by atoms with Crippen LogP contribution in [0.1, 0.15) is 46.2 Å². The van der Waals surface area contributed by atoms with Crippen molar-refractivity contribution in [2.75, 3.05) is 0 Å². The summed E-state index contributed by atoms with van der Waals surface area (Å²) < 4.78 is 7.02. The number of benzene rings is 1. The minimum absolute atomic E-state index is 0.0437. The van der Waals surface area contributed by atoms with Gasteiger partial charge in [-0.3, -0.25) is 4.79 Å². The van der Waals surface area contributed by atoms with Crippen molar-refractivity contribution in [3.8, 4) is 0 Å². The number of aromatic nitrogens is 3. The summed E-state index contributed by atoms with van der Waals surface area (Å²) in [6.45, 7) is 2.31. The molecule has 2 aliphatic rings. The lowest BCUT2D eigenvalue weighted by molar-refractivity contribution is 0.0987. The van der Waals surface area contributed by atoms with Gasteiger partial charge in [0.25, 0.3) is 0 Å². The Kier molecular flexibility index (Phi) is 3.13. The Labute approximate surface area is 128 Å². The van der Waals surface area contributed by atoms with Gasteiger partial charge in [-0.15, -0.1) is 5.10 Å². The van der Waals surface area contributed by atoms with Crippen molar-refractivity contribution in [2.45, 2.75) is 38.8 Å². The third kappa shape index (κ3) is 2.26. The van der Waals surface area contributed by atoms with E-state index < -0.39 is 7.12 Å². The molecule has 1 aliphatic heterocycles. The van der Waals surface area contributed by atoms with E-state index in [2.05, 4.69) is 10.3 Å². The fourth-order valence-electron chi connectivity index (χ4n) is 2.91. The summed E-state index contributed by atoms with van der Waals surface area (Å²) in [5, 5.41) is 17.9. The summed E-state index contributed by atoms with van der Waals surface area (Å²) in [4.78, 5) is 12.5. The van der Waals surface area contributed by atoms with Crippen LogP contribution in [0.4, 0.5) is 0 Å². The highest BCUT2D eigenvalue weighted by Gasteiger charge is 2.30. The first-order valence-corrected chi connectivity index (χ1v) is 7.50. The maximum atomic E-state index is 12.5. The van der Waals surface area contributed by atoms with Crippen molar-refractivity contribution in [1.82, 2.24) is 15.0 Å². The van der Waals surface area contributed by atoms with Gasteiger partial charge < -0.3 is 9.68 Å². The highest BCUT2D eigenvalue weighted by atomic mass is 16.5. The van der Waals surface area contributed by atoms with Crippen molar-refractivity contribution in [2.24, 2.45) is 0 Å². The number of fused-ring (bicyclic) bond motifs is 1. The number of hydrogen-bond donors (Lipinski definition) is 1. The highest BCUT2D eigenvalue weighted by molar-refractivity contribution is 6.61. The minimum atomic E-state index is -0.887. The van der Waals surface area contributed by atoms with Gasteiger partial charge in [0.2, 0.25) is 0 Å². The fourth-order valence-corrected chi connectivity index (χ4v) is 2.91. The van der Waals surface area contributed by atoms with Gasteiger partial charge in [-0.05, 0) is 36.4 Å². The molecule has 0 atom stereocenters. The molecule has 0 saturated heterocycles. The van der Waals surface area contributed by atoms with Gasteiger partial charge in [0, 0.05) is 6.42 Å². The molecule has 1 aromatic heterocycles. The summed E-state index contributed by atoms with van der Waals surface area (Å²) in [6, 6.07) is 6.06. The summed E-state index contributed by atoms with van der Waals surface area (Å²) in [7, 11) is -0.887. The van der Waals surface area contributed by atoms with E-state index in [-0.39, 0.29) is 12.2 Å². The lowest BCUT2D eigenvalue weighted by Crippen LogP contribution is -2.28. The molecule has 1 aliphatic carbocycles. The smallest absolute Gasteiger partial charge is 0.423 e. The molecule has 22 heavy (non-hydrogen) atoms. The van der Waals surface area contributed by atoms with Crippen LogP contribution in [0.3, 0.4) is 0 Å². The standard InChI is InChI=1S/C15H16BN3O3/c1-9-15(17-18-19(9)12-4-5-12)14(20)7-10-2-3-11-8-22-16(21)13(11)6-10/h2-3,6,12,21H,4-5,7-8H2,1H3. The number of rotatable bonds is 4. The second-order valence-corrected chi connectivity index (χ2v) is 6.00. The first-order chi connectivity index (χ1) is 10.6. The van der Waals surface area contributed by atoms with Crippen LogP contribution in [0.25, 0.3) is 0 Å². The van der Waals surface area contributed by atoms with Gasteiger partial charge in [-0.25, -0.2) is 4.68 Å². The van der Waals surface area contributed by atoms with Crippen molar-refractivity contribution in [3.05, 3.63) is 40.7 Å². The third-order valence-electron chi connectivity index (χ3n) is 4.32. The van der Waals surface area contributed by atoms with Gasteiger partial charge >= 0.3 is 7.12 Å². The number of carbonyl (C=O) groups is 1. The Balaban J connectivity index is 1.56. The van der Waals surface area contributed by atoms with Crippen LogP contribution in [-0.2, 0) is 17.7 Å². The Morgan fingerprint density at radius 3 is 3.09 bits per heavy atom. The van der Waals surface area contributed by atoms with Gasteiger partial charge in [0.1, 0.15) is 0 Å². The molecule has 0 radical (unpaired) electrons. The number of carbonyl (C=O) groups excluding carboxylic acids is 1. The Hall–Kier alpha value is -1.99. The normalized spacial score (nSPS) is 16.9.